The zero-order chi connectivity index (χ0) is 18.0. The van der Waals surface area contributed by atoms with Gasteiger partial charge in [0.15, 0.2) is 5.13 Å². The summed E-state index contributed by atoms with van der Waals surface area (Å²) in [5.74, 6) is -0.0156. The van der Waals surface area contributed by atoms with Gasteiger partial charge >= 0.3 is 5.97 Å². The van der Waals surface area contributed by atoms with E-state index in [1.165, 1.54) is 11.3 Å². The Hall–Kier alpha value is -2.12. The molecule has 1 saturated heterocycles. The van der Waals surface area contributed by atoms with Gasteiger partial charge in [-0.25, -0.2) is 4.98 Å². The molecule has 0 saturated carbocycles. The Morgan fingerprint density at radius 3 is 2.64 bits per heavy atom. The Bertz CT molecular complexity index is 767. The summed E-state index contributed by atoms with van der Waals surface area (Å²) < 4.78 is 5.32. The maximum Gasteiger partial charge on any atom is 0.308 e. The Morgan fingerprint density at radius 2 is 2.04 bits per heavy atom. The standard InChI is InChI=1S/C18H23N3O3S/c1-12-10-13(4-5-14(12)24-3)17-15(11-16(22)23)25-18(19-17)21-8-6-20(2)7-9-21/h4-5,10H,6-9,11H2,1-3H3,(H,22,23). The first-order valence-electron chi connectivity index (χ1n) is 8.28. The van der Waals surface area contributed by atoms with Crippen molar-refractivity contribution in [1.82, 2.24) is 9.88 Å². The molecule has 1 aromatic carbocycles. The van der Waals surface area contributed by atoms with E-state index >= 15 is 0 Å². The number of hydrogen-bond acceptors (Lipinski definition) is 6. The molecule has 7 heteroatoms. The van der Waals surface area contributed by atoms with Crippen molar-refractivity contribution >= 4 is 22.4 Å². The quantitative estimate of drug-likeness (QED) is 0.883. The van der Waals surface area contributed by atoms with Gasteiger partial charge in [-0.05, 0) is 37.7 Å². The Kier molecular flexibility index (Phi) is 5.24. The van der Waals surface area contributed by atoms with E-state index in [2.05, 4.69) is 16.8 Å². The fourth-order valence-electron chi connectivity index (χ4n) is 2.98. The molecule has 6 nitrogen and oxygen atoms in total. The fraction of sp³-hybridized carbons (Fsp3) is 0.444. The first-order valence-corrected chi connectivity index (χ1v) is 9.09. The molecule has 1 aliphatic heterocycles. The number of benzene rings is 1. The monoisotopic (exact) mass is 361 g/mol. The number of aliphatic carboxylic acids is 1. The second-order valence-corrected chi connectivity index (χ2v) is 7.38. The van der Waals surface area contributed by atoms with Gasteiger partial charge in [-0.1, -0.05) is 0 Å². The second kappa shape index (κ2) is 7.41. The van der Waals surface area contributed by atoms with Crippen LogP contribution in [0.3, 0.4) is 0 Å². The Balaban J connectivity index is 1.96. The van der Waals surface area contributed by atoms with Crippen LogP contribution in [0.2, 0.25) is 0 Å². The van der Waals surface area contributed by atoms with Crippen LogP contribution in [0.15, 0.2) is 18.2 Å². The zero-order valence-corrected chi connectivity index (χ0v) is 15.6. The number of nitrogens with zero attached hydrogens (tertiary/aromatic N) is 3. The number of aryl methyl sites for hydroxylation is 1. The Labute approximate surface area is 151 Å². The average Bonchev–Trinajstić information content (AvgIpc) is 2.98. The maximum atomic E-state index is 11.3. The molecule has 2 aromatic rings. The highest BCUT2D eigenvalue weighted by atomic mass is 32.1. The van der Waals surface area contributed by atoms with Gasteiger partial charge in [0.25, 0.3) is 0 Å². The molecule has 134 valence electrons. The van der Waals surface area contributed by atoms with Crippen molar-refractivity contribution in [1.29, 1.82) is 0 Å². The van der Waals surface area contributed by atoms with E-state index in [1.54, 1.807) is 7.11 Å². The second-order valence-electron chi connectivity index (χ2n) is 6.31. The molecular weight excluding hydrogens is 338 g/mol. The van der Waals surface area contributed by atoms with Crippen LogP contribution in [0.5, 0.6) is 5.75 Å². The van der Waals surface area contributed by atoms with Gasteiger partial charge in [-0.15, -0.1) is 11.3 Å². The van der Waals surface area contributed by atoms with Gasteiger partial charge < -0.3 is 19.6 Å². The summed E-state index contributed by atoms with van der Waals surface area (Å²) in [7, 11) is 3.76. The lowest BCUT2D eigenvalue weighted by molar-refractivity contribution is -0.136. The maximum absolute atomic E-state index is 11.3. The molecule has 1 aliphatic rings. The lowest BCUT2D eigenvalue weighted by Gasteiger charge is -2.32. The first-order chi connectivity index (χ1) is 12.0. The van der Waals surface area contributed by atoms with Gasteiger partial charge in [0.05, 0.1) is 19.2 Å². The van der Waals surface area contributed by atoms with Crippen LogP contribution in [0.25, 0.3) is 11.3 Å². The van der Waals surface area contributed by atoms with Gasteiger partial charge in [0.2, 0.25) is 0 Å². The molecule has 0 spiro atoms. The molecule has 1 aromatic heterocycles. The summed E-state index contributed by atoms with van der Waals surface area (Å²) in [5.41, 5.74) is 2.72. The van der Waals surface area contributed by atoms with Crippen LogP contribution in [0.1, 0.15) is 10.4 Å². The molecule has 1 fully saturated rings. The van der Waals surface area contributed by atoms with E-state index in [1.807, 2.05) is 25.1 Å². The normalized spacial score (nSPS) is 15.4. The third-order valence-electron chi connectivity index (χ3n) is 4.44. The molecule has 0 unspecified atom stereocenters. The van der Waals surface area contributed by atoms with Crippen LogP contribution in [-0.4, -0.2) is 61.3 Å². The van der Waals surface area contributed by atoms with Gasteiger partial charge in [-0.3, -0.25) is 4.79 Å². The third kappa shape index (κ3) is 3.93. The number of carboxylic acids is 1. The molecule has 0 atom stereocenters. The minimum atomic E-state index is -0.833. The highest BCUT2D eigenvalue weighted by Crippen LogP contribution is 2.35. The molecule has 2 heterocycles. The lowest BCUT2D eigenvalue weighted by atomic mass is 10.1. The number of carbonyl (C=O) groups is 1. The number of carboxylic acid groups (broad SMARTS) is 1. The summed E-state index contributed by atoms with van der Waals surface area (Å²) in [5, 5.41) is 10.2. The lowest BCUT2D eigenvalue weighted by Crippen LogP contribution is -2.44. The van der Waals surface area contributed by atoms with Crippen molar-refractivity contribution in [2.75, 3.05) is 45.2 Å². The van der Waals surface area contributed by atoms with Crippen molar-refractivity contribution in [2.24, 2.45) is 0 Å². The largest absolute Gasteiger partial charge is 0.496 e. The summed E-state index contributed by atoms with van der Waals surface area (Å²) >= 11 is 1.49. The molecule has 0 bridgehead atoms. The predicted molar refractivity (Wildman–Crippen MR) is 99.9 cm³/mol. The number of thiazole rings is 1. The number of piperazine rings is 1. The van der Waals surface area contributed by atoms with Crippen LogP contribution in [-0.2, 0) is 11.2 Å². The van der Waals surface area contributed by atoms with Crippen LogP contribution >= 0.6 is 11.3 Å². The molecule has 0 aliphatic carbocycles. The number of ether oxygens (including phenoxy) is 1. The average molecular weight is 361 g/mol. The predicted octanol–water partition coefficient (Wildman–Crippen LogP) is 2.51. The molecule has 0 radical (unpaired) electrons. The minimum absolute atomic E-state index is 0.00812. The zero-order valence-electron chi connectivity index (χ0n) is 14.8. The number of hydrogen-bond donors (Lipinski definition) is 1. The number of rotatable bonds is 5. The molecule has 1 N–H and O–H groups in total. The minimum Gasteiger partial charge on any atom is -0.496 e. The van der Waals surface area contributed by atoms with Crippen LogP contribution in [0.4, 0.5) is 5.13 Å². The third-order valence-corrected chi connectivity index (χ3v) is 5.56. The number of likely N-dealkylation sites (N-methyl/N-ethyl adjacent to an activating group) is 1. The number of aromatic nitrogens is 1. The number of anilines is 1. The van der Waals surface area contributed by atoms with E-state index in [-0.39, 0.29) is 6.42 Å². The van der Waals surface area contributed by atoms with E-state index in [9.17, 15) is 9.90 Å². The summed E-state index contributed by atoms with van der Waals surface area (Å²) in [4.78, 5) is 21.4. The summed E-state index contributed by atoms with van der Waals surface area (Å²) in [6.45, 7) is 5.79. The van der Waals surface area contributed by atoms with Gasteiger partial charge in [-0.2, -0.15) is 0 Å². The fourth-order valence-corrected chi connectivity index (χ4v) is 4.11. The van der Waals surface area contributed by atoms with Crippen molar-refractivity contribution in [2.45, 2.75) is 13.3 Å². The summed E-state index contributed by atoms with van der Waals surface area (Å²) in [6, 6.07) is 5.86. The van der Waals surface area contributed by atoms with Crippen molar-refractivity contribution in [3.05, 3.63) is 28.6 Å². The van der Waals surface area contributed by atoms with E-state index < -0.39 is 5.97 Å². The Morgan fingerprint density at radius 1 is 1.32 bits per heavy atom. The highest BCUT2D eigenvalue weighted by molar-refractivity contribution is 7.16. The topological polar surface area (TPSA) is 65.9 Å². The van der Waals surface area contributed by atoms with Crippen molar-refractivity contribution in [3.63, 3.8) is 0 Å². The molecular formula is C18H23N3O3S. The van der Waals surface area contributed by atoms with Crippen LogP contribution in [0, 0.1) is 6.92 Å². The van der Waals surface area contributed by atoms with Crippen LogP contribution < -0.4 is 9.64 Å². The molecule has 0 amide bonds. The molecule has 3 rings (SSSR count). The number of methoxy groups -OCH3 is 1. The van der Waals surface area contributed by atoms with E-state index in [0.717, 1.165) is 58.8 Å². The van der Waals surface area contributed by atoms with Gasteiger partial charge in [0, 0.05) is 36.6 Å². The smallest absolute Gasteiger partial charge is 0.308 e. The van der Waals surface area contributed by atoms with E-state index in [0.29, 0.717) is 0 Å². The van der Waals surface area contributed by atoms with Crippen molar-refractivity contribution < 1.29 is 14.6 Å². The van der Waals surface area contributed by atoms with E-state index in [4.69, 9.17) is 9.72 Å². The first kappa shape index (κ1) is 17.7. The molecule has 25 heavy (non-hydrogen) atoms. The highest BCUT2D eigenvalue weighted by Gasteiger charge is 2.22. The summed E-state index contributed by atoms with van der Waals surface area (Å²) in [6.07, 6.45) is -0.00812. The van der Waals surface area contributed by atoms with Crippen molar-refractivity contribution in [3.8, 4) is 17.0 Å². The SMILES string of the molecule is COc1ccc(-c2nc(N3CCN(C)CC3)sc2CC(=O)O)cc1C. The van der Waals surface area contributed by atoms with Gasteiger partial charge in [0.1, 0.15) is 5.75 Å².